The minimum atomic E-state index is -0.760. The van der Waals surface area contributed by atoms with Crippen molar-refractivity contribution in [3.63, 3.8) is 0 Å². The van der Waals surface area contributed by atoms with Crippen molar-refractivity contribution in [3.05, 3.63) is 0 Å². The number of rotatable bonds is 1. The van der Waals surface area contributed by atoms with Crippen LogP contribution in [-0.4, -0.2) is 46.8 Å². The van der Waals surface area contributed by atoms with Gasteiger partial charge in [-0.2, -0.15) is 0 Å². The second kappa shape index (κ2) is 3.49. The molecule has 1 fully saturated rings. The van der Waals surface area contributed by atoms with E-state index in [-0.39, 0.29) is 19.1 Å². The summed E-state index contributed by atoms with van der Waals surface area (Å²) in [4.78, 5) is 0. The molecule has 66 valence electrons. The Kier molecular flexibility index (Phi) is 2.84. The highest BCUT2D eigenvalue weighted by atomic mass is 16.5. The molecule has 1 heterocycles. The number of ether oxygens (including phenoxy) is 1. The van der Waals surface area contributed by atoms with Crippen molar-refractivity contribution in [3.8, 4) is 0 Å². The summed E-state index contributed by atoms with van der Waals surface area (Å²) in [5.41, 5.74) is 0. The molecular weight excluding hydrogens is 148 g/mol. The Labute approximate surface area is 65.4 Å². The van der Waals surface area contributed by atoms with Gasteiger partial charge in [0.15, 0.2) is 0 Å². The van der Waals surface area contributed by atoms with E-state index in [1.807, 2.05) is 0 Å². The Morgan fingerprint density at radius 1 is 1.45 bits per heavy atom. The Bertz CT molecular complexity index is 126. The van der Waals surface area contributed by atoms with E-state index in [1.165, 1.54) is 0 Å². The van der Waals surface area contributed by atoms with Crippen molar-refractivity contribution >= 4 is 0 Å². The van der Waals surface area contributed by atoms with Gasteiger partial charge >= 0.3 is 0 Å². The zero-order chi connectivity index (χ0) is 8.43. The molecule has 11 heavy (non-hydrogen) atoms. The molecule has 0 aliphatic carbocycles. The maximum absolute atomic E-state index is 9.36. The maximum Gasteiger partial charge on any atom is 0.107 e. The lowest BCUT2D eigenvalue weighted by Crippen LogP contribution is -2.49. The lowest BCUT2D eigenvalue weighted by molar-refractivity contribution is -0.165. The lowest BCUT2D eigenvalue weighted by Gasteiger charge is -2.35. The van der Waals surface area contributed by atoms with E-state index in [4.69, 9.17) is 9.84 Å². The van der Waals surface area contributed by atoms with Crippen molar-refractivity contribution in [2.24, 2.45) is 5.92 Å². The first-order chi connectivity index (χ1) is 5.16. The van der Waals surface area contributed by atoms with Gasteiger partial charge in [0.2, 0.25) is 0 Å². The van der Waals surface area contributed by atoms with Crippen molar-refractivity contribution in [1.82, 2.24) is 0 Å². The molecule has 4 atom stereocenters. The zero-order valence-electron chi connectivity index (χ0n) is 6.47. The van der Waals surface area contributed by atoms with Crippen LogP contribution in [0.5, 0.6) is 0 Å². The summed E-state index contributed by atoms with van der Waals surface area (Å²) >= 11 is 0. The Balaban J connectivity index is 2.52. The minimum Gasteiger partial charge on any atom is -0.394 e. The largest absolute Gasteiger partial charge is 0.394 e. The highest BCUT2D eigenvalue weighted by Crippen LogP contribution is 2.20. The SMILES string of the molecule is C[C@H]1[C@H](O)[C@@H](CO)OC[C@H]1O. The highest BCUT2D eigenvalue weighted by Gasteiger charge is 2.34. The molecule has 0 aromatic rings. The quantitative estimate of drug-likeness (QED) is 0.450. The van der Waals surface area contributed by atoms with E-state index in [9.17, 15) is 10.2 Å². The van der Waals surface area contributed by atoms with Crippen LogP contribution in [0.1, 0.15) is 6.92 Å². The molecule has 1 aliphatic rings. The Morgan fingerprint density at radius 2 is 2.09 bits per heavy atom. The van der Waals surface area contributed by atoms with Gasteiger partial charge < -0.3 is 20.1 Å². The van der Waals surface area contributed by atoms with E-state index in [1.54, 1.807) is 6.92 Å². The second-order valence-electron chi connectivity index (χ2n) is 2.97. The summed E-state index contributed by atoms with van der Waals surface area (Å²) in [7, 11) is 0. The lowest BCUT2D eigenvalue weighted by atomic mass is 9.92. The second-order valence-corrected chi connectivity index (χ2v) is 2.97. The molecule has 1 saturated heterocycles. The van der Waals surface area contributed by atoms with E-state index in [0.717, 1.165) is 0 Å². The third kappa shape index (κ3) is 1.70. The van der Waals surface area contributed by atoms with Crippen LogP contribution in [0.3, 0.4) is 0 Å². The fraction of sp³-hybridized carbons (Fsp3) is 1.00. The van der Waals surface area contributed by atoms with Gasteiger partial charge in [-0.3, -0.25) is 0 Å². The maximum atomic E-state index is 9.36. The van der Waals surface area contributed by atoms with E-state index in [0.29, 0.717) is 0 Å². The highest BCUT2D eigenvalue weighted by molar-refractivity contribution is 4.83. The van der Waals surface area contributed by atoms with Gasteiger partial charge in [-0.05, 0) is 0 Å². The monoisotopic (exact) mass is 162 g/mol. The number of hydrogen-bond acceptors (Lipinski definition) is 4. The minimum absolute atomic E-state index is 0.196. The first-order valence-electron chi connectivity index (χ1n) is 3.75. The van der Waals surface area contributed by atoms with Gasteiger partial charge in [-0.15, -0.1) is 0 Å². The predicted octanol–water partition coefficient (Wildman–Crippen LogP) is -1.26. The average Bonchev–Trinajstić information content (AvgIpc) is 2.01. The number of aliphatic hydroxyl groups excluding tert-OH is 3. The Hall–Kier alpha value is -0.160. The van der Waals surface area contributed by atoms with Crippen LogP contribution in [0.2, 0.25) is 0 Å². The van der Waals surface area contributed by atoms with Gasteiger partial charge in [-0.1, -0.05) is 6.92 Å². The van der Waals surface area contributed by atoms with Crippen LogP contribution in [0, 0.1) is 5.92 Å². The van der Waals surface area contributed by atoms with Crippen molar-refractivity contribution in [2.45, 2.75) is 25.2 Å². The van der Waals surface area contributed by atoms with Crippen molar-refractivity contribution < 1.29 is 20.1 Å². The summed E-state index contributed by atoms with van der Waals surface area (Å²) in [6, 6.07) is 0. The fourth-order valence-corrected chi connectivity index (χ4v) is 1.20. The average molecular weight is 162 g/mol. The normalized spacial score (nSPS) is 45.8. The van der Waals surface area contributed by atoms with E-state index < -0.39 is 18.3 Å². The number of hydrogen-bond donors (Lipinski definition) is 3. The molecule has 0 spiro atoms. The summed E-state index contributed by atoms with van der Waals surface area (Å²) < 4.78 is 4.97. The third-order valence-electron chi connectivity index (χ3n) is 2.19. The molecule has 0 bridgehead atoms. The molecule has 0 unspecified atom stereocenters. The van der Waals surface area contributed by atoms with Crippen molar-refractivity contribution in [2.75, 3.05) is 13.2 Å². The molecule has 0 radical (unpaired) electrons. The molecule has 4 nitrogen and oxygen atoms in total. The van der Waals surface area contributed by atoms with Gasteiger partial charge in [0.05, 0.1) is 25.4 Å². The standard InChI is InChI=1S/C7H14O4/c1-4-5(9)3-11-6(2-8)7(4)10/h4-10H,2-3H2,1H3/t4-,5-,6-,7+/m1/s1. The van der Waals surface area contributed by atoms with Crippen molar-refractivity contribution in [1.29, 1.82) is 0 Å². The summed E-state index contributed by atoms with van der Waals surface area (Å²) in [6.45, 7) is 1.74. The summed E-state index contributed by atoms with van der Waals surface area (Å²) in [5.74, 6) is -0.221. The smallest absolute Gasteiger partial charge is 0.107 e. The molecule has 0 saturated carbocycles. The molecule has 0 aromatic heterocycles. The molecular formula is C7H14O4. The van der Waals surface area contributed by atoms with E-state index in [2.05, 4.69) is 0 Å². The first-order valence-corrected chi connectivity index (χ1v) is 3.75. The molecule has 0 aromatic carbocycles. The number of aliphatic hydroxyl groups is 3. The van der Waals surface area contributed by atoms with Gasteiger partial charge in [0, 0.05) is 5.92 Å². The molecule has 1 rings (SSSR count). The first kappa shape index (κ1) is 8.93. The Morgan fingerprint density at radius 3 is 2.64 bits per heavy atom. The molecule has 0 amide bonds. The third-order valence-corrected chi connectivity index (χ3v) is 2.19. The van der Waals surface area contributed by atoms with Gasteiger partial charge in [0.25, 0.3) is 0 Å². The summed E-state index contributed by atoms with van der Waals surface area (Å²) in [5, 5.41) is 27.3. The van der Waals surface area contributed by atoms with Gasteiger partial charge in [-0.25, -0.2) is 0 Å². The topological polar surface area (TPSA) is 69.9 Å². The zero-order valence-corrected chi connectivity index (χ0v) is 6.47. The predicted molar refractivity (Wildman–Crippen MR) is 38.0 cm³/mol. The molecule has 1 aliphatic heterocycles. The van der Waals surface area contributed by atoms with Crippen LogP contribution in [0.15, 0.2) is 0 Å². The van der Waals surface area contributed by atoms with Crippen LogP contribution < -0.4 is 0 Å². The molecule has 3 N–H and O–H groups in total. The summed E-state index contributed by atoms with van der Waals surface area (Å²) in [6.07, 6.45) is -1.91. The van der Waals surface area contributed by atoms with Crippen LogP contribution in [0.4, 0.5) is 0 Å². The van der Waals surface area contributed by atoms with Gasteiger partial charge in [0.1, 0.15) is 6.10 Å². The van der Waals surface area contributed by atoms with Crippen LogP contribution in [-0.2, 0) is 4.74 Å². The van der Waals surface area contributed by atoms with E-state index >= 15 is 0 Å². The van der Waals surface area contributed by atoms with Crippen LogP contribution >= 0.6 is 0 Å². The fourth-order valence-electron chi connectivity index (χ4n) is 1.20. The molecule has 4 heteroatoms. The van der Waals surface area contributed by atoms with Crippen LogP contribution in [0.25, 0.3) is 0 Å².